The highest BCUT2D eigenvalue weighted by Crippen LogP contribution is 2.30. The van der Waals surface area contributed by atoms with Crippen molar-refractivity contribution in [2.24, 2.45) is 5.92 Å². The molecule has 1 aromatic carbocycles. The third-order valence-corrected chi connectivity index (χ3v) is 5.22. The zero-order valence-electron chi connectivity index (χ0n) is 16.1. The largest absolute Gasteiger partial charge is 0.490 e. The molecule has 1 N–H and O–H groups in total. The van der Waals surface area contributed by atoms with Crippen LogP contribution >= 0.6 is 11.3 Å². The topological polar surface area (TPSA) is 80.8 Å². The van der Waals surface area contributed by atoms with E-state index in [0.717, 1.165) is 12.8 Å². The zero-order valence-corrected chi connectivity index (χ0v) is 17.0. The quantitative estimate of drug-likeness (QED) is 0.766. The molecular weight excluding hydrogens is 378 g/mol. The predicted molar refractivity (Wildman–Crippen MR) is 108 cm³/mol. The van der Waals surface area contributed by atoms with Gasteiger partial charge in [-0.15, -0.1) is 11.3 Å². The third-order valence-electron chi connectivity index (χ3n) is 4.53. The molecule has 3 rings (SSSR count). The van der Waals surface area contributed by atoms with Crippen LogP contribution in [-0.4, -0.2) is 48.0 Å². The van der Waals surface area contributed by atoms with E-state index in [-0.39, 0.29) is 17.7 Å². The van der Waals surface area contributed by atoms with E-state index < -0.39 is 0 Å². The summed E-state index contributed by atoms with van der Waals surface area (Å²) in [6, 6.07) is 5.23. The lowest BCUT2D eigenvalue weighted by molar-refractivity contribution is -0.121. The molecule has 0 aliphatic carbocycles. The fraction of sp³-hybridized carbons (Fsp3) is 0.450. The van der Waals surface area contributed by atoms with E-state index >= 15 is 0 Å². The van der Waals surface area contributed by atoms with Crippen LogP contribution in [0.1, 0.15) is 37.0 Å². The Labute approximate surface area is 168 Å². The summed E-state index contributed by atoms with van der Waals surface area (Å²) in [5.41, 5.74) is 0.535. The van der Waals surface area contributed by atoms with Crippen LogP contribution in [0.15, 0.2) is 29.8 Å². The number of thiazole rings is 1. The highest BCUT2D eigenvalue weighted by Gasteiger charge is 2.29. The van der Waals surface area contributed by atoms with Gasteiger partial charge in [-0.3, -0.25) is 9.59 Å². The summed E-state index contributed by atoms with van der Waals surface area (Å²) >= 11 is 1.38. The Morgan fingerprint density at radius 1 is 1.25 bits per heavy atom. The van der Waals surface area contributed by atoms with Crippen LogP contribution in [0.3, 0.4) is 0 Å². The number of hydrogen-bond donors (Lipinski definition) is 1. The first kappa shape index (κ1) is 20.1. The van der Waals surface area contributed by atoms with Gasteiger partial charge in [-0.05, 0) is 44.9 Å². The Kier molecular flexibility index (Phi) is 6.86. The lowest BCUT2D eigenvalue weighted by atomic mass is 9.96. The second-order valence-electron chi connectivity index (χ2n) is 6.44. The predicted octanol–water partition coefficient (Wildman–Crippen LogP) is 3.43. The van der Waals surface area contributed by atoms with Crippen molar-refractivity contribution in [3.05, 3.63) is 35.3 Å². The molecule has 0 saturated carbocycles. The van der Waals surface area contributed by atoms with Crippen molar-refractivity contribution < 1.29 is 19.1 Å². The van der Waals surface area contributed by atoms with Gasteiger partial charge in [-0.2, -0.15) is 0 Å². The van der Waals surface area contributed by atoms with E-state index in [1.54, 1.807) is 29.3 Å². The van der Waals surface area contributed by atoms with Crippen molar-refractivity contribution in [3.63, 3.8) is 0 Å². The Morgan fingerprint density at radius 3 is 2.75 bits per heavy atom. The number of aromatic nitrogens is 1. The van der Waals surface area contributed by atoms with E-state index in [4.69, 9.17) is 9.47 Å². The molecule has 0 radical (unpaired) electrons. The van der Waals surface area contributed by atoms with E-state index in [9.17, 15) is 9.59 Å². The summed E-state index contributed by atoms with van der Waals surface area (Å²) in [6.07, 6.45) is 3.20. The molecule has 1 aromatic heterocycles. The molecule has 1 unspecified atom stereocenters. The second-order valence-corrected chi connectivity index (χ2v) is 7.34. The lowest BCUT2D eigenvalue weighted by Crippen LogP contribution is -2.43. The monoisotopic (exact) mass is 403 g/mol. The van der Waals surface area contributed by atoms with Crippen LogP contribution in [0, 0.1) is 5.92 Å². The molecule has 0 spiro atoms. The second kappa shape index (κ2) is 9.54. The van der Waals surface area contributed by atoms with Crippen molar-refractivity contribution >= 4 is 28.3 Å². The molecule has 2 amide bonds. The first-order valence-electron chi connectivity index (χ1n) is 9.51. The number of nitrogens with zero attached hydrogens (tertiary/aromatic N) is 2. The van der Waals surface area contributed by atoms with Crippen LogP contribution in [0.25, 0.3) is 0 Å². The van der Waals surface area contributed by atoms with Gasteiger partial charge in [0, 0.05) is 30.2 Å². The Morgan fingerprint density at radius 2 is 2.04 bits per heavy atom. The van der Waals surface area contributed by atoms with E-state index in [2.05, 4.69) is 10.3 Å². The first-order chi connectivity index (χ1) is 13.6. The average Bonchev–Trinajstić information content (AvgIpc) is 3.22. The summed E-state index contributed by atoms with van der Waals surface area (Å²) < 4.78 is 11.2. The minimum atomic E-state index is -0.240. The summed E-state index contributed by atoms with van der Waals surface area (Å²) in [4.78, 5) is 31.3. The normalized spacial score (nSPS) is 16.5. The molecule has 1 aliphatic rings. The van der Waals surface area contributed by atoms with Gasteiger partial charge in [-0.1, -0.05) is 0 Å². The number of nitrogens with one attached hydrogen (secondary N) is 1. The standard InChI is InChI=1S/C20H25N3O4S/c1-3-26-16-8-7-14(12-17(16)27-4-2)19(25)23-10-5-6-15(13-23)18(24)22-20-21-9-11-28-20/h7-9,11-12,15H,3-6,10,13H2,1-2H3,(H,21,22,24). The molecule has 2 aromatic rings. The van der Waals surface area contributed by atoms with Gasteiger partial charge in [-0.25, -0.2) is 4.98 Å². The minimum absolute atomic E-state index is 0.0888. The highest BCUT2D eigenvalue weighted by molar-refractivity contribution is 7.13. The molecule has 2 heterocycles. The fourth-order valence-corrected chi connectivity index (χ4v) is 3.77. The van der Waals surface area contributed by atoms with Crippen LogP contribution in [-0.2, 0) is 4.79 Å². The van der Waals surface area contributed by atoms with Crippen molar-refractivity contribution in [3.8, 4) is 11.5 Å². The number of likely N-dealkylation sites (tertiary alicyclic amines) is 1. The van der Waals surface area contributed by atoms with Crippen molar-refractivity contribution in [2.75, 3.05) is 31.6 Å². The number of piperidine rings is 1. The van der Waals surface area contributed by atoms with Crippen LogP contribution < -0.4 is 14.8 Å². The van der Waals surface area contributed by atoms with Crippen LogP contribution in [0.4, 0.5) is 5.13 Å². The van der Waals surface area contributed by atoms with Gasteiger partial charge >= 0.3 is 0 Å². The fourth-order valence-electron chi connectivity index (χ4n) is 3.23. The minimum Gasteiger partial charge on any atom is -0.490 e. The molecule has 1 aliphatic heterocycles. The number of ether oxygens (including phenoxy) is 2. The first-order valence-corrected chi connectivity index (χ1v) is 10.4. The van der Waals surface area contributed by atoms with Gasteiger partial charge in [0.25, 0.3) is 5.91 Å². The van der Waals surface area contributed by atoms with Crippen LogP contribution in [0.2, 0.25) is 0 Å². The smallest absolute Gasteiger partial charge is 0.254 e. The summed E-state index contributed by atoms with van der Waals surface area (Å²) in [5.74, 6) is 0.756. The Hall–Kier alpha value is -2.61. The molecule has 150 valence electrons. The van der Waals surface area contributed by atoms with Gasteiger partial charge in [0.1, 0.15) is 0 Å². The molecule has 1 saturated heterocycles. The Balaban J connectivity index is 1.69. The molecule has 1 atom stereocenters. The third kappa shape index (κ3) is 4.81. The van der Waals surface area contributed by atoms with Crippen molar-refractivity contribution in [2.45, 2.75) is 26.7 Å². The number of carbonyl (C=O) groups excluding carboxylic acids is 2. The molecular formula is C20H25N3O4S. The van der Waals surface area contributed by atoms with Crippen molar-refractivity contribution in [1.82, 2.24) is 9.88 Å². The zero-order chi connectivity index (χ0) is 19.9. The molecule has 1 fully saturated rings. The summed E-state index contributed by atoms with van der Waals surface area (Å²) in [7, 11) is 0. The summed E-state index contributed by atoms with van der Waals surface area (Å²) in [5, 5.41) is 5.23. The number of benzene rings is 1. The number of carbonyl (C=O) groups is 2. The van der Waals surface area contributed by atoms with E-state index in [0.29, 0.717) is 48.5 Å². The average molecular weight is 404 g/mol. The molecule has 28 heavy (non-hydrogen) atoms. The maximum absolute atomic E-state index is 13.0. The van der Waals surface area contributed by atoms with Gasteiger partial charge < -0.3 is 19.7 Å². The van der Waals surface area contributed by atoms with E-state index in [1.807, 2.05) is 19.2 Å². The number of amides is 2. The number of hydrogen-bond acceptors (Lipinski definition) is 6. The maximum Gasteiger partial charge on any atom is 0.254 e. The van der Waals surface area contributed by atoms with Crippen molar-refractivity contribution in [1.29, 1.82) is 0 Å². The van der Waals surface area contributed by atoms with Crippen LogP contribution in [0.5, 0.6) is 11.5 Å². The number of anilines is 1. The maximum atomic E-state index is 13.0. The number of rotatable bonds is 7. The molecule has 7 nitrogen and oxygen atoms in total. The Bertz CT molecular complexity index is 810. The molecule has 8 heteroatoms. The van der Waals surface area contributed by atoms with Gasteiger partial charge in [0.15, 0.2) is 16.6 Å². The SMILES string of the molecule is CCOc1ccc(C(=O)N2CCCC(C(=O)Nc3nccs3)C2)cc1OCC. The molecule has 0 bridgehead atoms. The highest BCUT2D eigenvalue weighted by atomic mass is 32.1. The van der Waals surface area contributed by atoms with E-state index in [1.165, 1.54) is 11.3 Å². The summed E-state index contributed by atoms with van der Waals surface area (Å²) in [6.45, 7) is 5.83. The van der Waals surface area contributed by atoms with Gasteiger partial charge in [0.05, 0.1) is 19.1 Å². The lowest BCUT2D eigenvalue weighted by Gasteiger charge is -2.32. The van der Waals surface area contributed by atoms with Gasteiger partial charge in [0.2, 0.25) is 5.91 Å².